The number of aryl methyl sites for hydroxylation is 1. The number of amides is 1. The van der Waals surface area contributed by atoms with Crippen molar-refractivity contribution in [3.8, 4) is 0 Å². The van der Waals surface area contributed by atoms with Crippen molar-refractivity contribution in [2.24, 2.45) is 17.8 Å². The summed E-state index contributed by atoms with van der Waals surface area (Å²) in [4.78, 5) is 12.5. The number of furan rings is 1. The lowest BCUT2D eigenvalue weighted by Gasteiger charge is -2.27. The van der Waals surface area contributed by atoms with Gasteiger partial charge in [-0.25, -0.2) is 0 Å². The highest BCUT2D eigenvalue weighted by Gasteiger charge is 2.43. The van der Waals surface area contributed by atoms with E-state index in [4.69, 9.17) is 4.42 Å². The Balaban J connectivity index is 1.46. The molecule has 2 bridgehead atoms. The standard InChI is InChI=1S/C16H21NO2/c18-16(13-9-10-4-5-11(13)8-10)17-14-2-1-3-15-12(14)6-7-19-15/h6-7,10-11,13-14H,1-5,8-9H2,(H,17,18)/t10-,11-,13+,14+/m0/s1. The van der Waals surface area contributed by atoms with Crippen LogP contribution in [0.2, 0.25) is 0 Å². The Hall–Kier alpha value is -1.25. The SMILES string of the molecule is O=C(N[C@@H]1CCCc2occc21)[C@@H]1C[C@H]2CC[C@H]1C2. The predicted octanol–water partition coefficient (Wildman–Crippen LogP) is 3.21. The summed E-state index contributed by atoms with van der Waals surface area (Å²) in [7, 11) is 0. The number of rotatable bonds is 2. The Bertz CT molecular complexity index is 493. The van der Waals surface area contributed by atoms with Crippen molar-refractivity contribution in [1.29, 1.82) is 0 Å². The summed E-state index contributed by atoms with van der Waals surface area (Å²) in [6, 6.07) is 2.22. The Morgan fingerprint density at radius 3 is 3.00 bits per heavy atom. The number of carbonyl (C=O) groups is 1. The second-order valence-corrected chi connectivity index (χ2v) is 6.53. The van der Waals surface area contributed by atoms with E-state index in [9.17, 15) is 4.79 Å². The quantitative estimate of drug-likeness (QED) is 0.886. The minimum Gasteiger partial charge on any atom is -0.469 e. The minimum atomic E-state index is 0.189. The molecule has 0 unspecified atom stereocenters. The second-order valence-electron chi connectivity index (χ2n) is 6.53. The molecule has 1 heterocycles. The zero-order chi connectivity index (χ0) is 12.8. The number of fused-ring (bicyclic) bond motifs is 3. The molecule has 4 rings (SSSR count). The highest BCUT2D eigenvalue weighted by molar-refractivity contribution is 5.80. The lowest BCUT2D eigenvalue weighted by atomic mass is 9.87. The molecule has 4 atom stereocenters. The van der Waals surface area contributed by atoms with Crippen LogP contribution < -0.4 is 5.32 Å². The Morgan fingerprint density at radius 1 is 1.26 bits per heavy atom. The molecular formula is C16H21NO2. The van der Waals surface area contributed by atoms with E-state index < -0.39 is 0 Å². The molecule has 3 nitrogen and oxygen atoms in total. The average Bonchev–Trinajstić information content (AvgIpc) is 3.14. The molecule has 1 aromatic heterocycles. The monoisotopic (exact) mass is 259 g/mol. The lowest BCUT2D eigenvalue weighted by molar-refractivity contribution is -0.127. The maximum atomic E-state index is 12.5. The molecule has 1 amide bonds. The van der Waals surface area contributed by atoms with E-state index in [1.165, 1.54) is 24.8 Å². The van der Waals surface area contributed by atoms with Crippen LogP contribution in [-0.2, 0) is 11.2 Å². The first-order valence-electron chi connectivity index (χ1n) is 7.68. The number of carbonyl (C=O) groups excluding carboxylic acids is 1. The number of hydrogen-bond donors (Lipinski definition) is 1. The summed E-state index contributed by atoms with van der Waals surface area (Å²) in [6.45, 7) is 0. The molecule has 0 radical (unpaired) electrons. The van der Waals surface area contributed by atoms with E-state index in [0.717, 1.165) is 37.4 Å². The van der Waals surface area contributed by atoms with Crippen LogP contribution in [0.5, 0.6) is 0 Å². The van der Waals surface area contributed by atoms with Gasteiger partial charge in [0.25, 0.3) is 0 Å². The van der Waals surface area contributed by atoms with Gasteiger partial charge < -0.3 is 9.73 Å². The van der Waals surface area contributed by atoms with Gasteiger partial charge in [0.1, 0.15) is 5.76 Å². The molecular weight excluding hydrogens is 238 g/mol. The van der Waals surface area contributed by atoms with E-state index in [2.05, 4.69) is 5.32 Å². The molecule has 1 N–H and O–H groups in total. The maximum Gasteiger partial charge on any atom is 0.223 e. The zero-order valence-corrected chi connectivity index (χ0v) is 11.2. The largest absolute Gasteiger partial charge is 0.469 e. The maximum absolute atomic E-state index is 12.5. The fourth-order valence-electron chi connectivity index (χ4n) is 4.48. The third-order valence-electron chi connectivity index (χ3n) is 5.44. The molecule has 1 aromatic rings. The molecule has 0 aromatic carbocycles. The van der Waals surface area contributed by atoms with Crippen LogP contribution in [0.25, 0.3) is 0 Å². The van der Waals surface area contributed by atoms with Gasteiger partial charge in [-0.2, -0.15) is 0 Å². The van der Waals surface area contributed by atoms with Gasteiger partial charge in [-0.1, -0.05) is 6.42 Å². The van der Waals surface area contributed by atoms with Gasteiger partial charge in [-0.3, -0.25) is 4.79 Å². The average molecular weight is 259 g/mol. The molecule has 0 aliphatic heterocycles. The van der Waals surface area contributed by atoms with Gasteiger partial charge in [-0.05, 0) is 50.0 Å². The highest BCUT2D eigenvalue weighted by atomic mass is 16.3. The lowest BCUT2D eigenvalue weighted by Crippen LogP contribution is -2.37. The highest BCUT2D eigenvalue weighted by Crippen LogP contribution is 2.48. The van der Waals surface area contributed by atoms with Crippen molar-refractivity contribution in [1.82, 2.24) is 5.32 Å². The molecule has 3 aliphatic rings. The Morgan fingerprint density at radius 2 is 2.21 bits per heavy atom. The van der Waals surface area contributed by atoms with Crippen LogP contribution in [0.4, 0.5) is 0 Å². The summed E-state index contributed by atoms with van der Waals surface area (Å²) in [5, 5.41) is 3.29. The van der Waals surface area contributed by atoms with Crippen molar-refractivity contribution >= 4 is 5.91 Å². The van der Waals surface area contributed by atoms with Crippen molar-refractivity contribution in [2.45, 2.75) is 51.0 Å². The topological polar surface area (TPSA) is 42.2 Å². The van der Waals surface area contributed by atoms with Gasteiger partial charge in [0.15, 0.2) is 0 Å². The molecule has 3 heteroatoms. The van der Waals surface area contributed by atoms with Crippen LogP contribution in [0.15, 0.2) is 16.7 Å². The van der Waals surface area contributed by atoms with Crippen molar-refractivity contribution in [3.63, 3.8) is 0 Å². The smallest absolute Gasteiger partial charge is 0.223 e. The molecule has 102 valence electrons. The van der Waals surface area contributed by atoms with Crippen LogP contribution in [0.3, 0.4) is 0 Å². The van der Waals surface area contributed by atoms with E-state index in [1.54, 1.807) is 6.26 Å². The van der Waals surface area contributed by atoms with Gasteiger partial charge in [0, 0.05) is 17.9 Å². The third-order valence-corrected chi connectivity index (χ3v) is 5.44. The van der Waals surface area contributed by atoms with E-state index in [1.807, 2.05) is 6.07 Å². The second kappa shape index (κ2) is 4.39. The number of hydrogen-bond acceptors (Lipinski definition) is 2. The Labute approximate surface area is 113 Å². The summed E-state index contributed by atoms with van der Waals surface area (Å²) in [5.74, 6) is 3.15. The fraction of sp³-hybridized carbons (Fsp3) is 0.688. The third kappa shape index (κ3) is 1.90. The molecule has 0 saturated heterocycles. The predicted molar refractivity (Wildman–Crippen MR) is 71.5 cm³/mol. The molecule has 19 heavy (non-hydrogen) atoms. The first-order valence-corrected chi connectivity index (χ1v) is 7.68. The van der Waals surface area contributed by atoms with Crippen molar-refractivity contribution in [3.05, 3.63) is 23.7 Å². The van der Waals surface area contributed by atoms with Gasteiger partial charge >= 0.3 is 0 Å². The van der Waals surface area contributed by atoms with E-state index >= 15 is 0 Å². The van der Waals surface area contributed by atoms with Gasteiger partial charge in [0.2, 0.25) is 5.91 Å². The van der Waals surface area contributed by atoms with Gasteiger partial charge in [0.05, 0.1) is 12.3 Å². The minimum absolute atomic E-state index is 0.189. The van der Waals surface area contributed by atoms with Crippen LogP contribution in [0, 0.1) is 17.8 Å². The molecule has 2 fully saturated rings. The summed E-state index contributed by atoms with van der Waals surface area (Å²) >= 11 is 0. The summed E-state index contributed by atoms with van der Waals surface area (Å²) in [6.07, 6.45) is 9.98. The van der Waals surface area contributed by atoms with E-state index in [-0.39, 0.29) is 12.0 Å². The van der Waals surface area contributed by atoms with E-state index in [0.29, 0.717) is 11.8 Å². The summed E-state index contributed by atoms with van der Waals surface area (Å²) < 4.78 is 5.49. The molecule has 0 spiro atoms. The normalized spacial score (nSPS) is 36.2. The first kappa shape index (κ1) is 11.6. The van der Waals surface area contributed by atoms with Crippen LogP contribution in [0.1, 0.15) is 55.9 Å². The first-order chi connectivity index (χ1) is 9.31. The number of nitrogens with one attached hydrogen (secondary N) is 1. The van der Waals surface area contributed by atoms with Gasteiger partial charge in [-0.15, -0.1) is 0 Å². The van der Waals surface area contributed by atoms with Crippen LogP contribution >= 0.6 is 0 Å². The zero-order valence-electron chi connectivity index (χ0n) is 11.2. The van der Waals surface area contributed by atoms with Crippen molar-refractivity contribution in [2.75, 3.05) is 0 Å². The molecule has 2 saturated carbocycles. The Kier molecular flexibility index (Phi) is 2.68. The van der Waals surface area contributed by atoms with Crippen molar-refractivity contribution < 1.29 is 9.21 Å². The van der Waals surface area contributed by atoms with Crippen LogP contribution in [-0.4, -0.2) is 5.91 Å². The fourth-order valence-corrected chi connectivity index (χ4v) is 4.48. The summed E-state index contributed by atoms with van der Waals surface area (Å²) in [5.41, 5.74) is 1.21. The molecule has 3 aliphatic carbocycles.